The van der Waals surface area contributed by atoms with E-state index in [2.05, 4.69) is 6.92 Å². The van der Waals surface area contributed by atoms with Crippen LogP contribution in [0.25, 0.3) is 0 Å². The van der Waals surface area contributed by atoms with Gasteiger partial charge in [-0.25, -0.2) is 0 Å². The molecule has 1 aromatic rings. The number of fused-ring (bicyclic) bond motifs is 1. The molecular formula is C10H10O2. The molecule has 0 saturated carbocycles. The maximum absolute atomic E-state index is 5.49. The molecule has 12 heavy (non-hydrogen) atoms. The van der Waals surface area contributed by atoms with E-state index in [1.54, 1.807) is 0 Å². The van der Waals surface area contributed by atoms with Crippen LogP contribution in [0, 0.1) is 0 Å². The highest BCUT2D eigenvalue weighted by Gasteiger charge is 2.90. The lowest BCUT2D eigenvalue weighted by Crippen LogP contribution is -1.96. The van der Waals surface area contributed by atoms with Gasteiger partial charge in [-0.2, -0.15) is 0 Å². The molecule has 1 aromatic carbocycles. The molecule has 0 aromatic heterocycles. The van der Waals surface area contributed by atoms with Crippen LogP contribution in [-0.2, 0) is 15.3 Å². The van der Waals surface area contributed by atoms with Crippen LogP contribution in [0.5, 0.6) is 0 Å². The summed E-state index contributed by atoms with van der Waals surface area (Å²) in [6.07, 6.45) is 0.932. The van der Waals surface area contributed by atoms with Crippen molar-refractivity contribution in [2.75, 3.05) is 0 Å². The van der Waals surface area contributed by atoms with Crippen molar-refractivity contribution in [3.63, 3.8) is 0 Å². The molecule has 0 aliphatic carbocycles. The highest BCUT2D eigenvalue weighted by Crippen LogP contribution is 2.75. The molecule has 2 nitrogen and oxygen atoms in total. The molecule has 0 N–H and O–H groups in total. The number of hydrogen-bond donors (Lipinski definition) is 0. The van der Waals surface area contributed by atoms with E-state index in [9.17, 15) is 0 Å². The van der Waals surface area contributed by atoms with Crippen molar-refractivity contribution in [1.29, 1.82) is 0 Å². The molecule has 2 aliphatic rings. The first-order valence-corrected chi connectivity index (χ1v) is 4.29. The summed E-state index contributed by atoms with van der Waals surface area (Å²) in [5.74, 6) is -0.586. The maximum Gasteiger partial charge on any atom is 0.256 e. The monoisotopic (exact) mass is 162 g/mol. The Kier molecular flexibility index (Phi) is 0.955. The predicted molar refractivity (Wildman–Crippen MR) is 43.3 cm³/mol. The van der Waals surface area contributed by atoms with Crippen LogP contribution in [0.1, 0.15) is 18.9 Å². The summed E-state index contributed by atoms with van der Waals surface area (Å²) >= 11 is 0. The van der Waals surface area contributed by atoms with Crippen molar-refractivity contribution in [2.24, 2.45) is 0 Å². The lowest BCUT2D eigenvalue weighted by molar-refractivity contribution is -0.0999. The summed E-state index contributed by atoms with van der Waals surface area (Å²) in [6.45, 7) is 2.08. The fourth-order valence-corrected chi connectivity index (χ4v) is 1.79. The summed E-state index contributed by atoms with van der Waals surface area (Å²) in [5.41, 5.74) is 1.15. The molecule has 0 spiro atoms. The van der Waals surface area contributed by atoms with Gasteiger partial charge in [-0.3, -0.25) is 0 Å². The van der Waals surface area contributed by atoms with Gasteiger partial charge in [0.1, 0.15) is 0 Å². The molecule has 2 heteroatoms. The number of ether oxygens (including phenoxy) is 2. The summed E-state index contributed by atoms with van der Waals surface area (Å²) in [4.78, 5) is 0. The largest absolute Gasteiger partial charge is 0.303 e. The molecule has 0 bridgehead atoms. The molecule has 2 aliphatic heterocycles. The fourth-order valence-electron chi connectivity index (χ4n) is 1.79. The van der Waals surface area contributed by atoms with Crippen molar-refractivity contribution in [3.8, 4) is 0 Å². The summed E-state index contributed by atoms with van der Waals surface area (Å²) in [7, 11) is 0. The van der Waals surface area contributed by atoms with Crippen molar-refractivity contribution in [3.05, 3.63) is 35.9 Å². The smallest absolute Gasteiger partial charge is 0.256 e. The molecule has 0 unspecified atom stereocenters. The van der Waals surface area contributed by atoms with Crippen LogP contribution in [-0.4, -0.2) is 5.79 Å². The minimum absolute atomic E-state index is 0.242. The van der Waals surface area contributed by atoms with Gasteiger partial charge in [0.2, 0.25) is 5.79 Å². The Bertz CT molecular complexity index is 312. The standard InChI is InChI=1S/C10H10O2/c1-2-9-10(11-9,12-9)8-6-4-3-5-7-8/h3-7H,2H2,1H3. The Hall–Kier alpha value is -0.860. The van der Waals surface area contributed by atoms with E-state index >= 15 is 0 Å². The third-order valence-corrected chi connectivity index (χ3v) is 2.65. The number of epoxide rings is 2. The average Bonchev–Trinajstić information content (AvgIpc) is 2.91. The Morgan fingerprint density at radius 1 is 1.17 bits per heavy atom. The Balaban J connectivity index is 1.96. The van der Waals surface area contributed by atoms with Crippen LogP contribution in [0.2, 0.25) is 0 Å². The van der Waals surface area contributed by atoms with Gasteiger partial charge in [-0.05, 0) is 0 Å². The van der Waals surface area contributed by atoms with Gasteiger partial charge in [0.05, 0.1) is 0 Å². The van der Waals surface area contributed by atoms with Crippen molar-refractivity contribution >= 4 is 0 Å². The first-order chi connectivity index (χ1) is 5.83. The zero-order chi connectivity index (χ0) is 8.23. The maximum atomic E-state index is 5.49. The minimum Gasteiger partial charge on any atom is -0.303 e. The number of benzene rings is 1. The highest BCUT2D eigenvalue weighted by molar-refractivity contribution is 5.35. The topological polar surface area (TPSA) is 25.1 Å². The lowest BCUT2D eigenvalue weighted by Gasteiger charge is -1.99. The fraction of sp³-hybridized carbons (Fsp3) is 0.400. The Morgan fingerprint density at radius 3 is 2.33 bits per heavy atom. The first-order valence-electron chi connectivity index (χ1n) is 4.29. The molecular weight excluding hydrogens is 152 g/mol. The van der Waals surface area contributed by atoms with Gasteiger partial charge in [-0.15, -0.1) is 0 Å². The van der Waals surface area contributed by atoms with E-state index in [0.717, 1.165) is 12.0 Å². The minimum atomic E-state index is -0.344. The first kappa shape index (κ1) is 6.63. The van der Waals surface area contributed by atoms with Crippen LogP contribution in [0.4, 0.5) is 0 Å². The highest BCUT2D eigenvalue weighted by atomic mass is 17.0. The lowest BCUT2D eigenvalue weighted by atomic mass is 10.1. The molecule has 2 heterocycles. The molecule has 2 fully saturated rings. The van der Waals surface area contributed by atoms with E-state index < -0.39 is 0 Å². The van der Waals surface area contributed by atoms with Crippen LogP contribution in [0.15, 0.2) is 30.3 Å². The van der Waals surface area contributed by atoms with Gasteiger partial charge in [-0.1, -0.05) is 37.3 Å². The normalized spacial score (nSPS) is 42.1. The van der Waals surface area contributed by atoms with Crippen LogP contribution < -0.4 is 0 Å². The number of rotatable bonds is 2. The second-order valence-corrected chi connectivity index (χ2v) is 3.29. The molecule has 0 radical (unpaired) electrons. The molecule has 3 rings (SSSR count). The van der Waals surface area contributed by atoms with E-state index in [0.29, 0.717) is 0 Å². The van der Waals surface area contributed by atoms with E-state index in [-0.39, 0.29) is 11.6 Å². The SMILES string of the molecule is CCC12OC1(c1ccccc1)O2. The molecule has 62 valence electrons. The second kappa shape index (κ2) is 1.73. The third-order valence-electron chi connectivity index (χ3n) is 2.65. The third kappa shape index (κ3) is 0.551. The number of hydrogen-bond acceptors (Lipinski definition) is 2. The van der Waals surface area contributed by atoms with E-state index in [1.165, 1.54) is 0 Å². The van der Waals surface area contributed by atoms with Gasteiger partial charge in [0.15, 0.2) is 0 Å². The van der Waals surface area contributed by atoms with Gasteiger partial charge < -0.3 is 9.47 Å². The average molecular weight is 162 g/mol. The summed E-state index contributed by atoms with van der Waals surface area (Å²) in [5, 5.41) is 0. The molecule has 2 saturated heterocycles. The Labute approximate surface area is 71.1 Å². The summed E-state index contributed by atoms with van der Waals surface area (Å²) < 4.78 is 11.0. The molecule has 0 atom stereocenters. The van der Waals surface area contributed by atoms with Gasteiger partial charge in [0.25, 0.3) is 5.79 Å². The zero-order valence-electron chi connectivity index (χ0n) is 6.91. The van der Waals surface area contributed by atoms with Crippen molar-refractivity contribution in [1.82, 2.24) is 0 Å². The van der Waals surface area contributed by atoms with Crippen molar-refractivity contribution in [2.45, 2.75) is 24.9 Å². The van der Waals surface area contributed by atoms with Crippen LogP contribution >= 0.6 is 0 Å². The molecule has 0 amide bonds. The summed E-state index contributed by atoms with van der Waals surface area (Å²) in [6, 6.07) is 10.1. The Morgan fingerprint density at radius 2 is 1.83 bits per heavy atom. The second-order valence-electron chi connectivity index (χ2n) is 3.29. The van der Waals surface area contributed by atoms with Gasteiger partial charge >= 0.3 is 0 Å². The zero-order valence-corrected chi connectivity index (χ0v) is 6.91. The predicted octanol–water partition coefficient (Wildman–Crippen LogP) is 2.01. The van der Waals surface area contributed by atoms with Crippen LogP contribution in [0.3, 0.4) is 0 Å². The quantitative estimate of drug-likeness (QED) is 0.621. The van der Waals surface area contributed by atoms with E-state index in [4.69, 9.17) is 9.47 Å². The van der Waals surface area contributed by atoms with E-state index in [1.807, 2.05) is 30.3 Å². The van der Waals surface area contributed by atoms with Crippen molar-refractivity contribution < 1.29 is 9.47 Å². The van der Waals surface area contributed by atoms with Gasteiger partial charge in [0, 0.05) is 12.0 Å².